The molecule has 1 aliphatic carbocycles. The van der Waals surface area contributed by atoms with E-state index < -0.39 is 11.2 Å². The molecule has 2 aromatic carbocycles. The molecule has 0 amide bonds. The lowest BCUT2D eigenvalue weighted by Crippen LogP contribution is -2.66. The summed E-state index contributed by atoms with van der Waals surface area (Å²) < 4.78 is 0. The van der Waals surface area contributed by atoms with Gasteiger partial charge in [-0.1, -0.05) is 85.1 Å². The van der Waals surface area contributed by atoms with E-state index >= 15 is 0 Å². The maximum absolute atomic E-state index is 6.01. The van der Waals surface area contributed by atoms with E-state index in [1.54, 1.807) is 10.1 Å². The average Bonchev–Trinajstić information content (AvgIpc) is 2.75. The summed E-state index contributed by atoms with van der Waals surface area (Å²) >= 11 is 11.2. The Morgan fingerprint density at radius 2 is 0.964 bits per heavy atom. The fraction of sp³-hybridized carbons (Fsp3) is 0.182. The molecule has 0 radical (unpaired) electrons. The Hall–Kier alpha value is -2.38. The minimum Gasteiger partial charge on any atom is -0.250 e. The normalized spacial score (nSPS) is 28.0. The minimum absolute atomic E-state index is 0.633. The fourth-order valence-corrected chi connectivity index (χ4v) is 4.11. The van der Waals surface area contributed by atoms with Crippen molar-refractivity contribution in [2.75, 3.05) is 0 Å². The standard InChI is InChI=1S/C22H18N2O2S2/c27-19-21(25-23(19)15-17-7-3-1-4-8-17)11-13-22(14-12-21)20(28)24(26-22)16-18-9-5-2-6-10-18/h1-14H,15-16H2. The van der Waals surface area contributed by atoms with Crippen molar-refractivity contribution in [2.24, 2.45) is 0 Å². The molecular weight excluding hydrogens is 388 g/mol. The number of nitrogens with zero attached hydrogens (tertiary/aromatic N) is 2. The van der Waals surface area contributed by atoms with Crippen LogP contribution in [0.15, 0.2) is 85.0 Å². The van der Waals surface area contributed by atoms with E-state index in [0.29, 0.717) is 13.1 Å². The van der Waals surface area contributed by atoms with Crippen LogP contribution in [-0.4, -0.2) is 31.3 Å². The van der Waals surface area contributed by atoms with Crippen molar-refractivity contribution < 1.29 is 9.68 Å². The van der Waals surface area contributed by atoms with E-state index in [9.17, 15) is 0 Å². The number of rotatable bonds is 4. The molecule has 3 aliphatic rings. The molecule has 2 heterocycles. The van der Waals surface area contributed by atoms with Crippen LogP contribution in [-0.2, 0) is 22.8 Å². The molecule has 0 bridgehead atoms. The summed E-state index contributed by atoms with van der Waals surface area (Å²) in [6, 6.07) is 20.2. The second-order valence-corrected chi connectivity index (χ2v) is 7.86. The molecule has 2 fully saturated rings. The van der Waals surface area contributed by atoms with E-state index in [1.807, 2.05) is 60.7 Å². The third-order valence-corrected chi connectivity index (χ3v) is 6.18. The minimum atomic E-state index is -0.672. The topological polar surface area (TPSA) is 24.9 Å². The molecule has 0 atom stereocenters. The largest absolute Gasteiger partial charge is 0.250 e. The second kappa shape index (κ2) is 6.60. The van der Waals surface area contributed by atoms with Crippen LogP contribution in [0.2, 0.25) is 0 Å². The van der Waals surface area contributed by atoms with Crippen molar-refractivity contribution in [1.82, 2.24) is 10.1 Å². The van der Waals surface area contributed by atoms with Gasteiger partial charge >= 0.3 is 0 Å². The van der Waals surface area contributed by atoms with Crippen LogP contribution in [0.25, 0.3) is 0 Å². The highest BCUT2D eigenvalue weighted by Gasteiger charge is 2.54. The highest BCUT2D eigenvalue weighted by Crippen LogP contribution is 2.42. The first kappa shape index (κ1) is 17.7. The molecule has 2 aliphatic heterocycles. The maximum Gasteiger partial charge on any atom is 0.185 e. The monoisotopic (exact) mass is 406 g/mol. The Bertz CT molecular complexity index is 895. The van der Waals surface area contributed by atoms with Gasteiger partial charge in [-0.2, -0.15) is 0 Å². The van der Waals surface area contributed by atoms with Crippen LogP contribution >= 0.6 is 24.4 Å². The molecule has 0 unspecified atom stereocenters. The summed E-state index contributed by atoms with van der Waals surface area (Å²) in [4.78, 5) is 13.5. The Labute approximate surface area is 174 Å². The van der Waals surface area contributed by atoms with Crippen molar-refractivity contribution >= 4 is 34.4 Å². The molecule has 0 saturated carbocycles. The van der Waals surface area contributed by atoms with Crippen molar-refractivity contribution in [1.29, 1.82) is 0 Å². The molecule has 2 spiro atoms. The molecule has 4 nitrogen and oxygen atoms in total. The summed E-state index contributed by atoms with van der Waals surface area (Å²) in [5.41, 5.74) is 0.961. The number of thiocarbonyl (C=S) groups is 2. The van der Waals surface area contributed by atoms with E-state index in [1.165, 1.54) is 0 Å². The zero-order valence-corrected chi connectivity index (χ0v) is 16.7. The number of hydroxylamine groups is 4. The van der Waals surface area contributed by atoms with Crippen molar-refractivity contribution in [3.63, 3.8) is 0 Å². The molecule has 0 N–H and O–H groups in total. The van der Waals surface area contributed by atoms with E-state index in [0.717, 1.165) is 21.1 Å². The first-order chi connectivity index (χ1) is 13.6. The van der Waals surface area contributed by atoms with Gasteiger partial charge in [0.25, 0.3) is 0 Å². The Balaban J connectivity index is 1.23. The molecule has 140 valence electrons. The average molecular weight is 407 g/mol. The van der Waals surface area contributed by atoms with Gasteiger partial charge in [0.2, 0.25) is 0 Å². The predicted molar refractivity (Wildman–Crippen MR) is 115 cm³/mol. The van der Waals surface area contributed by atoms with E-state index in [-0.39, 0.29) is 0 Å². The quantitative estimate of drug-likeness (QED) is 0.559. The Morgan fingerprint density at radius 3 is 1.29 bits per heavy atom. The first-order valence-electron chi connectivity index (χ1n) is 9.11. The molecule has 6 heteroatoms. The van der Waals surface area contributed by atoms with Gasteiger partial charge < -0.3 is 0 Å². The van der Waals surface area contributed by atoms with Crippen LogP contribution < -0.4 is 0 Å². The number of hydrogen-bond acceptors (Lipinski definition) is 4. The fourth-order valence-electron chi connectivity index (χ4n) is 3.56. The summed E-state index contributed by atoms with van der Waals surface area (Å²) in [6.45, 7) is 1.27. The zero-order chi connectivity index (χ0) is 19.2. The summed E-state index contributed by atoms with van der Waals surface area (Å²) in [5.74, 6) is 0. The number of benzene rings is 2. The van der Waals surface area contributed by atoms with E-state index in [4.69, 9.17) is 34.1 Å². The molecule has 0 aromatic heterocycles. The van der Waals surface area contributed by atoms with Gasteiger partial charge in [0.15, 0.2) is 11.2 Å². The van der Waals surface area contributed by atoms with Gasteiger partial charge in [0.1, 0.15) is 9.98 Å². The number of hydrogen-bond donors (Lipinski definition) is 0. The van der Waals surface area contributed by atoms with Crippen molar-refractivity contribution in [3.8, 4) is 0 Å². The predicted octanol–water partition coefficient (Wildman–Crippen LogP) is 4.14. The molecule has 2 saturated heterocycles. The SMILES string of the molecule is S=C1N(Cc2ccccc2)OC12C=CC1(C=C2)ON(Cc2ccccc2)C1=S. The highest BCUT2D eigenvalue weighted by atomic mass is 32.1. The highest BCUT2D eigenvalue weighted by molar-refractivity contribution is 7.80. The van der Waals surface area contributed by atoms with Crippen LogP contribution in [0, 0.1) is 0 Å². The lowest BCUT2D eigenvalue weighted by atomic mass is 9.86. The van der Waals surface area contributed by atoms with Gasteiger partial charge in [-0.25, -0.2) is 10.1 Å². The Kier molecular flexibility index (Phi) is 4.17. The van der Waals surface area contributed by atoms with E-state index in [2.05, 4.69) is 24.3 Å². The van der Waals surface area contributed by atoms with Gasteiger partial charge in [0, 0.05) is 0 Å². The summed E-state index contributed by atoms with van der Waals surface area (Å²) in [7, 11) is 0. The lowest BCUT2D eigenvalue weighted by molar-refractivity contribution is -0.221. The first-order valence-corrected chi connectivity index (χ1v) is 9.93. The molecule has 2 aromatic rings. The van der Waals surface area contributed by atoms with Crippen LogP contribution in [0.4, 0.5) is 0 Å². The maximum atomic E-state index is 6.01. The second-order valence-electron chi connectivity index (χ2n) is 7.09. The summed E-state index contributed by atoms with van der Waals surface area (Å²) in [6.07, 6.45) is 7.79. The Morgan fingerprint density at radius 1 is 0.607 bits per heavy atom. The summed E-state index contributed by atoms with van der Waals surface area (Å²) in [5, 5.41) is 3.50. The third kappa shape index (κ3) is 2.81. The lowest BCUT2D eigenvalue weighted by Gasteiger charge is -2.52. The van der Waals surface area contributed by atoms with Gasteiger partial charge in [-0.3, -0.25) is 9.68 Å². The third-order valence-electron chi connectivity index (χ3n) is 5.14. The smallest absolute Gasteiger partial charge is 0.185 e. The van der Waals surface area contributed by atoms with Crippen LogP contribution in [0.3, 0.4) is 0 Å². The van der Waals surface area contributed by atoms with Gasteiger partial charge in [-0.15, -0.1) is 0 Å². The molecular formula is C22H18N2O2S2. The molecule has 28 heavy (non-hydrogen) atoms. The van der Waals surface area contributed by atoms with Crippen LogP contribution in [0.1, 0.15) is 11.1 Å². The van der Waals surface area contributed by atoms with Crippen LogP contribution in [0.5, 0.6) is 0 Å². The van der Waals surface area contributed by atoms with Gasteiger partial charge in [-0.05, 0) is 35.4 Å². The van der Waals surface area contributed by atoms with Gasteiger partial charge in [0.05, 0.1) is 13.1 Å². The van der Waals surface area contributed by atoms with Crippen molar-refractivity contribution in [2.45, 2.75) is 24.3 Å². The zero-order valence-electron chi connectivity index (χ0n) is 15.0. The van der Waals surface area contributed by atoms with Crippen molar-refractivity contribution in [3.05, 3.63) is 96.1 Å². The molecule has 5 rings (SSSR count).